The molecule has 0 fully saturated rings. The molecular weight excluding hydrogens is 284 g/mol. The molecule has 4 rings (SSSR count). The van der Waals surface area contributed by atoms with E-state index < -0.39 is 0 Å². The van der Waals surface area contributed by atoms with Crippen molar-refractivity contribution < 1.29 is 13.6 Å². The van der Waals surface area contributed by atoms with Crippen molar-refractivity contribution in [2.24, 2.45) is 0 Å². The van der Waals surface area contributed by atoms with Gasteiger partial charge in [-0.2, -0.15) is 5.10 Å². The molecule has 7 heteroatoms. The topological polar surface area (TPSA) is 86.1 Å². The number of carbonyl (C=O) groups excluding carboxylic acids is 1. The Morgan fingerprint density at radius 2 is 2.27 bits per heavy atom. The minimum Gasteiger partial charge on any atom is -0.461 e. The van der Waals surface area contributed by atoms with E-state index in [1.165, 1.54) is 12.7 Å². The van der Waals surface area contributed by atoms with Crippen LogP contribution in [0.1, 0.15) is 29.0 Å². The summed E-state index contributed by atoms with van der Waals surface area (Å²) in [4.78, 5) is 16.4. The van der Waals surface area contributed by atoms with Gasteiger partial charge in [0.1, 0.15) is 0 Å². The van der Waals surface area contributed by atoms with E-state index in [0.717, 1.165) is 31.5 Å². The Morgan fingerprint density at radius 3 is 3.09 bits per heavy atom. The third-order valence-electron chi connectivity index (χ3n) is 3.69. The second kappa shape index (κ2) is 5.18. The van der Waals surface area contributed by atoms with Gasteiger partial charge in [-0.15, -0.1) is 0 Å². The highest BCUT2D eigenvalue weighted by molar-refractivity contribution is 6.05. The summed E-state index contributed by atoms with van der Waals surface area (Å²) in [5, 5.41) is 7.16. The summed E-state index contributed by atoms with van der Waals surface area (Å²) in [5.41, 5.74) is 1.33. The van der Waals surface area contributed by atoms with Crippen molar-refractivity contribution >= 4 is 11.7 Å². The third-order valence-corrected chi connectivity index (χ3v) is 3.69. The van der Waals surface area contributed by atoms with Gasteiger partial charge in [-0.1, -0.05) is 0 Å². The van der Waals surface area contributed by atoms with Crippen LogP contribution in [0, 0.1) is 0 Å². The van der Waals surface area contributed by atoms with Crippen LogP contribution in [0.3, 0.4) is 0 Å². The molecular formula is C15H14N4O3. The molecule has 3 aromatic heterocycles. The molecule has 0 aromatic carbocycles. The highest BCUT2D eigenvalue weighted by Crippen LogP contribution is 2.24. The van der Waals surface area contributed by atoms with Gasteiger partial charge in [-0.3, -0.25) is 9.48 Å². The van der Waals surface area contributed by atoms with Crippen LogP contribution in [0.25, 0.3) is 11.5 Å². The maximum Gasteiger partial charge on any atom is 0.279 e. The molecule has 1 N–H and O–H groups in total. The minimum atomic E-state index is -0.365. The normalized spacial score (nSPS) is 13.8. The number of amides is 1. The molecule has 0 radical (unpaired) electrons. The van der Waals surface area contributed by atoms with E-state index in [-0.39, 0.29) is 11.6 Å². The molecule has 3 aromatic rings. The van der Waals surface area contributed by atoms with Gasteiger partial charge in [-0.25, -0.2) is 4.98 Å². The van der Waals surface area contributed by atoms with Crippen molar-refractivity contribution in [3.63, 3.8) is 0 Å². The van der Waals surface area contributed by atoms with E-state index in [4.69, 9.17) is 8.83 Å². The molecule has 1 aliphatic rings. The summed E-state index contributed by atoms with van der Waals surface area (Å²) in [7, 11) is 0. The van der Waals surface area contributed by atoms with Gasteiger partial charge in [0.2, 0.25) is 5.76 Å². The summed E-state index contributed by atoms with van der Waals surface area (Å²) >= 11 is 0. The molecule has 0 aliphatic carbocycles. The predicted octanol–water partition coefficient (Wildman–Crippen LogP) is 2.72. The lowest BCUT2D eigenvalue weighted by atomic mass is 10.1. The van der Waals surface area contributed by atoms with Gasteiger partial charge in [0.15, 0.2) is 23.7 Å². The maximum atomic E-state index is 12.4. The van der Waals surface area contributed by atoms with Crippen LogP contribution in [-0.4, -0.2) is 20.7 Å². The second-order valence-corrected chi connectivity index (χ2v) is 5.16. The number of aromatic nitrogens is 3. The number of rotatable bonds is 3. The van der Waals surface area contributed by atoms with E-state index in [9.17, 15) is 4.79 Å². The van der Waals surface area contributed by atoms with Crippen LogP contribution in [0.5, 0.6) is 0 Å². The number of aryl methyl sites for hydroxylation is 2. The van der Waals surface area contributed by atoms with Crippen molar-refractivity contribution in [3.8, 4) is 11.5 Å². The number of nitrogens with one attached hydrogen (secondary N) is 1. The molecule has 1 aliphatic heterocycles. The molecule has 22 heavy (non-hydrogen) atoms. The van der Waals surface area contributed by atoms with Crippen molar-refractivity contribution in [1.29, 1.82) is 0 Å². The van der Waals surface area contributed by atoms with Crippen LogP contribution < -0.4 is 5.32 Å². The first-order chi connectivity index (χ1) is 10.8. The number of furan rings is 1. The van der Waals surface area contributed by atoms with Gasteiger partial charge in [0, 0.05) is 18.3 Å². The molecule has 0 saturated heterocycles. The molecule has 0 spiro atoms. The zero-order chi connectivity index (χ0) is 14.9. The number of carbonyl (C=O) groups is 1. The Balaban J connectivity index is 1.58. The molecule has 0 saturated carbocycles. The first-order valence-electron chi connectivity index (χ1n) is 7.17. The van der Waals surface area contributed by atoms with Gasteiger partial charge >= 0.3 is 0 Å². The third kappa shape index (κ3) is 2.20. The Bertz CT molecular complexity index is 777. The smallest absolute Gasteiger partial charge is 0.279 e. The van der Waals surface area contributed by atoms with Crippen LogP contribution in [0.15, 0.2) is 39.7 Å². The van der Waals surface area contributed by atoms with Gasteiger partial charge in [-0.05, 0) is 31.4 Å². The van der Waals surface area contributed by atoms with Crippen LogP contribution in [-0.2, 0) is 13.0 Å². The average molecular weight is 298 g/mol. The zero-order valence-corrected chi connectivity index (χ0v) is 11.8. The number of hydrogen-bond acceptors (Lipinski definition) is 5. The molecule has 112 valence electrons. The highest BCUT2D eigenvalue weighted by atomic mass is 16.4. The fourth-order valence-electron chi connectivity index (χ4n) is 2.65. The Kier molecular flexibility index (Phi) is 3.03. The number of fused-ring (bicyclic) bond motifs is 1. The summed E-state index contributed by atoms with van der Waals surface area (Å²) in [6, 6.07) is 5.35. The summed E-state index contributed by atoms with van der Waals surface area (Å²) < 4.78 is 12.4. The zero-order valence-electron chi connectivity index (χ0n) is 11.8. The number of nitrogens with zero attached hydrogens (tertiary/aromatic N) is 3. The van der Waals surface area contributed by atoms with E-state index >= 15 is 0 Å². The lowest BCUT2D eigenvalue weighted by Crippen LogP contribution is -2.14. The Hall–Kier alpha value is -2.83. The van der Waals surface area contributed by atoms with Crippen LogP contribution in [0.4, 0.5) is 5.82 Å². The summed E-state index contributed by atoms with van der Waals surface area (Å²) in [5.74, 6) is 0.948. The molecule has 7 nitrogen and oxygen atoms in total. The fraction of sp³-hybridized carbons (Fsp3) is 0.267. The maximum absolute atomic E-state index is 12.4. The standard InChI is InChI=1S/C15H14N4O3/c20-15(13-14(22-9-16-13)11-5-3-7-21-11)17-12-8-10-4-1-2-6-19(10)18-12/h3,5,7-9H,1-2,4,6H2,(H,17,18,20). The van der Waals surface area contributed by atoms with E-state index in [2.05, 4.69) is 15.4 Å². The number of oxazole rings is 1. The first kappa shape index (κ1) is 12.9. The Labute approximate surface area is 125 Å². The van der Waals surface area contributed by atoms with E-state index in [0.29, 0.717) is 17.3 Å². The predicted molar refractivity (Wildman–Crippen MR) is 77.3 cm³/mol. The SMILES string of the molecule is O=C(Nc1cc2n(n1)CCCC2)c1ncoc1-c1ccco1. The van der Waals surface area contributed by atoms with Gasteiger partial charge < -0.3 is 14.2 Å². The number of anilines is 1. The van der Waals surface area contributed by atoms with Crippen molar-refractivity contribution in [2.75, 3.05) is 5.32 Å². The molecule has 0 unspecified atom stereocenters. The number of hydrogen-bond donors (Lipinski definition) is 1. The summed E-state index contributed by atoms with van der Waals surface area (Å²) in [6.07, 6.45) is 6.01. The lowest BCUT2D eigenvalue weighted by molar-refractivity contribution is 0.102. The molecule has 0 atom stereocenters. The second-order valence-electron chi connectivity index (χ2n) is 5.16. The van der Waals surface area contributed by atoms with Crippen molar-refractivity contribution in [2.45, 2.75) is 25.8 Å². The van der Waals surface area contributed by atoms with Crippen LogP contribution in [0.2, 0.25) is 0 Å². The highest BCUT2D eigenvalue weighted by Gasteiger charge is 2.21. The first-order valence-corrected chi connectivity index (χ1v) is 7.17. The van der Waals surface area contributed by atoms with Crippen LogP contribution >= 0.6 is 0 Å². The van der Waals surface area contributed by atoms with E-state index in [1.54, 1.807) is 12.1 Å². The van der Waals surface area contributed by atoms with Gasteiger partial charge in [0.25, 0.3) is 5.91 Å². The Morgan fingerprint density at radius 1 is 1.32 bits per heavy atom. The lowest BCUT2D eigenvalue weighted by Gasteiger charge is -2.11. The summed E-state index contributed by atoms with van der Waals surface area (Å²) in [6.45, 7) is 0.896. The van der Waals surface area contributed by atoms with Crippen molar-refractivity contribution in [1.82, 2.24) is 14.8 Å². The monoisotopic (exact) mass is 298 g/mol. The largest absolute Gasteiger partial charge is 0.461 e. The van der Waals surface area contributed by atoms with Crippen molar-refractivity contribution in [3.05, 3.63) is 42.2 Å². The fourth-order valence-corrected chi connectivity index (χ4v) is 2.65. The quantitative estimate of drug-likeness (QED) is 0.803. The van der Waals surface area contributed by atoms with E-state index in [1.807, 2.05) is 10.7 Å². The average Bonchev–Trinajstić information content (AvgIpc) is 3.25. The van der Waals surface area contributed by atoms with Gasteiger partial charge in [0.05, 0.1) is 6.26 Å². The minimum absolute atomic E-state index is 0.181. The molecule has 1 amide bonds. The molecule has 4 heterocycles. The molecule has 0 bridgehead atoms.